The minimum absolute atomic E-state index is 0.0181. The molecule has 200 valence electrons. The van der Waals surface area contributed by atoms with Gasteiger partial charge in [-0.1, -0.05) is 54.3 Å². The van der Waals surface area contributed by atoms with Gasteiger partial charge in [0.2, 0.25) is 10.0 Å². The zero-order valence-corrected chi connectivity index (χ0v) is 22.7. The summed E-state index contributed by atoms with van der Waals surface area (Å²) in [5.74, 6) is 6.99. The van der Waals surface area contributed by atoms with Gasteiger partial charge in [0.15, 0.2) is 11.7 Å². The molecule has 0 radical (unpaired) electrons. The van der Waals surface area contributed by atoms with Crippen molar-refractivity contribution in [3.05, 3.63) is 95.9 Å². The van der Waals surface area contributed by atoms with Gasteiger partial charge in [-0.25, -0.2) is 23.3 Å². The minimum Gasteiger partial charge on any atom is -0.465 e. The van der Waals surface area contributed by atoms with E-state index in [1.165, 1.54) is 17.0 Å². The molecule has 0 saturated heterocycles. The summed E-state index contributed by atoms with van der Waals surface area (Å²) in [7, 11) is -3.81. The lowest BCUT2D eigenvalue weighted by atomic mass is 10.1. The lowest BCUT2D eigenvalue weighted by molar-refractivity contribution is 0.110. The van der Waals surface area contributed by atoms with Gasteiger partial charge in [-0.3, -0.25) is 4.90 Å². The largest absolute Gasteiger partial charge is 0.465 e. The van der Waals surface area contributed by atoms with Crippen LogP contribution in [0.3, 0.4) is 0 Å². The Kier molecular flexibility index (Phi) is 7.90. The van der Waals surface area contributed by atoms with Crippen molar-refractivity contribution in [2.24, 2.45) is 5.14 Å². The monoisotopic (exact) mass is 543 g/mol. The van der Waals surface area contributed by atoms with E-state index in [0.29, 0.717) is 29.3 Å². The van der Waals surface area contributed by atoms with Gasteiger partial charge in [-0.2, -0.15) is 0 Å². The number of nitrogens with zero attached hydrogens (tertiary/aromatic N) is 2. The van der Waals surface area contributed by atoms with Gasteiger partial charge in [-0.15, -0.1) is 0 Å². The van der Waals surface area contributed by atoms with Crippen LogP contribution >= 0.6 is 0 Å². The van der Waals surface area contributed by atoms with E-state index in [9.17, 15) is 18.3 Å². The molecule has 4 aromatic rings. The van der Waals surface area contributed by atoms with Crippen molar-refractivity contribution >= 4 is 16.1 Å². The van der Waals surface area contributed by atoms with Crippen LogP contribution in [0, 0.1) is 11.8 Å². The van der Waals surface area contributed by atoms with Crippen LogP contribution in [-0.4, -0.2) is 41.6 Å². The Hall–Kier alpha value is -4.39. The molecule has 1 heterocycles. The smallest absolute Gasteiger partial charge is 0.408 e. The van der Waals surface area contributed by atoms with Crippen molar-refractivity contribution in [3.8, 4) is 34.4 Å². The van der Waals surface area contributed by atoms with Crippen LogP contribution in [0.1, 0.15) is 37.8 Å². The second kappa shape index (κ2) is 11.2. The number of carbonyl (C=O) groups is 1. The number of hydrogen-bond acceptors (Lipinski definition) is 5. The highest BCUT2D eigenvalue weighted by atomic mass is 32.2. The first-order chi connectivity index (χ1) is 18.4. The minimum atomic E-state index is -3.81. The summed E-state index contributed by atoms with van der Waals surface area (Å²) in [6.07, 6.45) is -0.577. The number of benzene rings is 3. The first-order valence-electron chi connectivity index (χ1n) is 12.2. The Bertz CT molecular complexity index is 1630. The van der Waals surface area contributed by atoms with Gasteiger partial charge in [0.1, 0.15) is 5.69 Å². The molecular formula is C30H29N3O5S. The van der Waals surface area contributed by atoms with Crippen molar-refractivity contribution in [1.82, 2.24) is 9.88 Å². The van der Waals surface area contributed by atoms with Crippen molar-refractivity contribution in [2.75, 3.05) is 6.54 Å². The van der Waals surface area contributed by atoms with Crippen LogP contribution in [0.4, 0.5) is 4.79 Å². The van der Waals surface area contributed by atoms with E-state index < -0.39 is 21.7 Å². The molecule has 0 spiro atoms. The third kappa shape index (κ3) is 6.93. The average Bonchev–Trinajstić information content (AvgIpc) is 3.30. The number of hydrogen-bond donors (Lipinski definition) is 2. The summed E-state index contributed by atoms with van der Waals surface area (Å²) in [4.78, 5) is 17.5. The Balaban J connectivity index is 1.57. The van der Waals surface area contributed by atoms with E-state index in [-0.39, 0.29) is 11.4 Å². The molecule has 0 aliphatic carbocycles. The molecule has 0 saturated carbocycles. The normalized spacial score (nSPS) is 11.5. The lowest BCUT2D eigenvalue weighted by Crippen LogP contribution is -2.45. The fraction of sp³-hybridized carbons (Fsp3) is 0.200. The molecule has 0 fully saturated rings. The number of nitrogens with two attached hydrogens (primary N) is 1. The van der Waals surface area contributed by atoms with E-state index in [1.54, 1.807) is 12.1 Å². The molecule has 0 aliphatic rings. The predicted octanol–water partition coefficient (Wildman–Crippen LogP) is 5.38. The van der Waals surface area contributed by atoms with Gasteiger partial charge in [0.25, 0.3) is 0 Å². The van der Waals surface area contributed by atoms with Crippen LogP contribution in [-0.2, 0) is 16.4 Å². The molecule has 39 heavy (non-hydrogen) atoms. The van der Waals surface area contributed by atoms with Crippen LogP contribution in [0.5, 0.6) is 0 Å². The zero-order valence-electron chi connectivity index (χ0n) is 21.9. The van der Waals surface area contributed by atoms with Crippen LogP contribution in [0.15, 0.2) is 88.2 Å². The Morgan fingerprint density at radius 1 is 0.974 bits per heavy atom. The summed E-state index contributed by atoms with van der Waals surface area (Å²) >= 11 is 0. The highest BCUT2D eigenvalue weighted by molar-refractivity contribution is 7.89. The molecule has 0 unspecified atom stereocenters. The quantitative estimate of drug-likeness (QED) is 0.315. The van der Waals surface area contributed by atoms with E-state index in [4.69, 9.17) is 14.5 Å². The highest BCUT2D eigenvalue weighted by Crippen LogP contribution is 2.33. The first kappa shape index (κ1) is 27.6. The summed E-state index contributed by atoms with van der Waals surface area (Å²) in [6, 6.07) is 23.4. The number of oxazole rings is 1. The molecular weight excluding hydrogens is 514 g/mol. The topological polar surface area (TPSA) is 127 Å². The summed E-state index contributed by atoms with van der Waals surface area (Å²) in [6.45, 7) is 5.59. The van der Waals surface area contributed by atoms with Gasteiger partial charge >= 0.3 is 6.09 Å². The molecule has 0 atom stereocenters. The Labute approximate surface area is 228 Å². The molecule has 4 rings (SSSR count). The fourth-order valence-electron chi connectivity index (χ4n) is 3.92. The maximum atomic E-state index is 11.7. The van der Waals surface area contributed by atoms with Crippen molar-refractivity contribution < 1.29 is 22.7 Å². The van der Waals surface area contributed by atoms with E-state index in [1.807, 2.05) is 75.4 Å². The van der Waals surface area contributed by atoms with E-state index in [2.05, 4.69) is 11.8 Å². The van der Waals surface area contributed by atoms with Crippen LogP contribution in [0.25, 0.3) is 22.6 Å². The SMILES string of the molecule is CC(C)(C)N(CC#Cc1ccc(Cc2nc(-c3ccccc3)c(-c3ccc(S(N)(=O)=O)cc3)o2)cc1)C(=O)O. The molecule has 3 N–H and O–H groups in total. The Morgan fingerprint density at radius 2 is 1.62 bits per heavy atom. The first-order valence-corrected chi connectivity index (χ1v) is 13.7. The second-order valence-corrected chi connectivity index (χ2v) is 11.5. The highest BCUT2D eigenvalue weighted by Gasteiger charge is 2.24. The molecule has 0 bridgehead atoms. The van der Waals surface area contributed by atoms with Crippen molar-refractivity contribution in [2.45, 2.75) is 37.6 Å². The number of carboxylic acid groups (broad SMARTS) is 1. The number of aromatic nitrogens is 1. The second-order valence-electron chi connectivity index (χ2n) is 9.94. The van der Waals surface area contributed by atoms with E-state index >= 15 is 0 Å². The third-order valence-corrected chi connectivity index (χ3v) is 6.91. The van der Waals surface area contributed by atoms with E-state index in [0.717, 1.165) is 16.7 Å². The molecule has 1 aromatic heterocycles. The molecule has 0 aliphatic heterocycles. The predicted molar refractivity (Wildman–Crippen MR) is 149 cm³/mol. The van der Waals surface area contributed by atoms with Crippen molar-refractivity contribution in [3.63, 3.8) is 0 Å². The average molecular weight is 544 g/mol. The molecule has 3 aromatic carbocycles. The lowest BCUT2D eigenvalue weighted by Gasteiger charge is -2.31. The summed E-state index contributed by atoms with van der Waals surface area (Å²) in [5.41, 5.74) is 3.39. The van der Waals surface area contributed by atoms with Gasteiger partial charge < -0.3 is 9.52 Å². The van der Waals surface area contributed by atoms with Crippen LogP contribution < -0.4 is 5.14 Å². The summed E-state index contributed by atoms with van der Waals surface area (Å²) < 4.78 is 29.5. The van der Waals surface area contributed by atoms with Gasteiger partial charge in [0, 0.05) is 28.7 Å². The molecule has 1 amide bonds. The maximum absolute atomic E-state index is 11.7. The molecule has 9 heteroatoms. The number of amides is 1. The maximum Gasteiger partial charge on any atom is 0.408 e. The summed E-state index contributed by atoms with van der Waals surface area (Å²) in [5, 5.41) is 14.6. The number of primary sulfonamides is 1. The zero-order chi connectivity index (χ0) is 28.2. The number of sulfonamides is 1. The fourth-order valence-corrected chi connectivity index (χ4v) is 4.43. The molecule has 8 nitrogen and oxygen atoms in total. The van der Waals surface area contributed by atoms with Crippen molar-refractivity contribution in [1.29, 1.82) is 0 Å². The Morgan fingerprint density at radius 3 is 2.18 bits per heavy atom. The van der Waals surface area contributed by atoms with Crippen LogP contribution in [0.2, 0.25) is 0 Å². The van der Waals surface area contributed by atoms with Gasteiger partial charge in [-0.05, 0) is 62.7 Å². The van der Waals surface area contributed by atoms with Gasteiger partial charge in [0.05, 0.1) is 11.4 Å². The number of rotatable bonds is 6. The standard InChI is InChI=1S/C30H29N3O5S/c1-30(2,3)33(29(34)35)19-7-8-21-11-13-22(14-12-21)20-26-32-27(23-9-5-4-6-10-23)28(38-26)24-15-17-25(18-16-24)39(31,36)37/h4-6,9-18H,19-20H2,1-3H3,(H,34,35)(H2,31,36,37). The third-order valence-electron chi connectivity index (χ3n) is 5.98.